The maximum Gasteiger partial charge on any atom is 0.337 e. The van der Waals surface area contributed by atoms with Gasteiger partial charge in [-0.3, -0.25) is 0 Å². The molecule has 1 aromatic carbocycles. The van der Waals surface area contributed by atoms with Crippen molar-refractivity contribution < 1.29 is 20.1 Å². The van der Waals surface area contributed by atoms with E-state index in [1.54, 1.807) is 48.0 Å². The fraction of sp³-hybridized carbons (Fsp3) is 0.440. The number of hydrogen-bond donors (Lipinski definition) is 3. The van der Waals surface area contributed by atoms with Gasteiger partial charge in [-0.15, -0.1) is 5.11 Å². The summed E-state index contributed by atoms with van der Waals surface area (Å²) in [4.78, 5) is 12.3. The van der Waals surface area contributed by atoms with E-state index in [1.807, 2.05) is 0 Å². The van der Waals surface area contributed by atoms with Crippen molar-refractivity contribution in [3.63, 3.8) is 0 Å². The summed E-state index contributed by atoms with van der Waals surface area (Å²) in [6.07, 6.45) is 7.78. The van der Waals surface area contributed by atoms with E-state index >= 15 is 0 Å². The number of carboxylic acids is 1. The van der Waals surface area contributed by atoms with Crippen molar-refractivity contribution in [3.05, 3.63) is 53.8 Å². The van der Waals surface area contributed by atoms with Crippen LogP contribution in [0.1, 0.15) is 56.8 Å². The molecule has 1 saturated carbocycles. The smallest absolute Gasteiger partial charge is 0.337 e. The number of carboxylic acid groups (broad SMARTS) is 1. The zero-order valence-electron chi connectivity index (χ0n) is 19.1. The second kappa shape index (κ2) is 8.84. The molecule has 0 bridgehead atoms. The number of aromatic nitrogens is 2. The lowest BCUT2D eigenvalue weighted by Gasteiger charge is -2.32. The van der Waals surface area contributed by atoms with Gasteiger partial charge in [0.1, 0.15) is 5.75 Å². The Morgan fingerprint density at radius 1 is 1.18 bits per heavy atom. The number of hydrogen-bond acceptors (Lipinski definition) is 6. The third-order valence-corrected chi connectivity index (χ3v) is 7.02. The number of aliphatic carboxylic acids is 1. The molecule has 1 aromatic heterocycles. The first-order chi connectivity index (χ1) is 15.7. The molecule has 33 heavy (non-hydrogen) atoms. The maximum absolute atomic E-state index is 12.3. The van der Waals surface area contributed by atoms with E-state index < -0.39 is 11.5 Å². The lowest BCUT2D eigenvalue weighted by Crippen LogP contribution is -2.35. The monoisotopic (exact) mass is 450 g/mol. The zero-order chi connectivity index (χ0) is 23.8. The van der Waals surface area contributed by atoms with Crippen LogP contribution in [0.15, 0.2) is 52.7 Å². The van der Waals surface area contributed by atoms with Gasteiger partial charge in [0, 0.05) is 12.0 Å². The van der Waals surface area contributed by atoms with E-state index in [0.717, 1.165) is 19.3 Å². The Bertz CT molecular complexity index is 1150. The molecular weight excluding hydrogens is 420 g/mol. The molecule has 4 atom stereocenters. The van der Waals surface area contributed by atoms with E-state index in [4.69, 9.17) is 0 Å². The molecular formula is C25H30N4O4. The van der Waals surface area contributed by atoms with Crippen LogP contribution in [-0.2, 0) is 4.79 Å². The van der Waals surface area contributed by atoms with Crippen molar-refractivity contribution in [2.24, 2.45) is 22.1 Å². The van der Waals surface area contributed by atoms with Gasteiger partial charge in [-0.05, 0) is 55.7 Å². The number of para-hydroxylation sites is 1. The van der Waals surface area contributed by atoms with Crippen molar-refractivity contribution >= 4 is 17.2 Å². The Morgan fingerprint density at radius 3 is 2.64 bits per heavy atom. The lowest BCUT2D eigenvalue weighted by molar-refractivity contribution is -0.141. The van der Waals surface area contributed by atoms with Gasteiger partial charge in [0.2, 0.25) is 11.4 Å². The molecule has 3 N–H and O–H groups in total. The van der Waals surface area contributed by atoms with Gasteiger partial charge in [-0.2, -0.15) is 10.2 Å². The summed E-state index contributed by atoms with van der Waals surface area (Å²) >= 11 is 0. The second-order valence-electron chi connectivity index (χ2n) is 9.30. The standard InChI is InChI=1S/C25H30N4O4/c1-15-10-11-19(13-16(15)2)29-23(31)22(17(3)27-29)26-28-25(24(32)33)12-6-7-18(14-25)20-8-4-5-9-21(20)30/h4-9,12,15-16,19,30-31H,10-11,13-14H2,1-3H3,(H,32,33). The molecule has 8 nitrogen and oxygen atoms in total. The minimum Gasteiger partial charge on any atom is -0.507 e. The number of carbonyl (C=O) groups is 1. The number of azo groups is 1. The Hall–Kier alpha value is -3.42. The molecule has 0 aliphatic heterocycles. The summed E-state index contributed by atoms with van der Waals surface area (Å²) in [6, 6.07) is 6.86. The Kier molecular flexibility index (Phi) is 6.10. The molecule has 2 aromatic rings. The van der Waals surface area contributed by atoms with Gasteiger partial charge in [0.15, 0.2) is 5.69 Å². The fourth-order valence-electron chi connectivity index (χ4n) is 4.70. The van der Waals surface area contributed by atoms with Crippen LogP contribution in [0, 0.1) is 18.8 Å². The summed E-state index contributed by atoms with van der Waals surface area (Å²) in [5, 5.41) is 44.0. The van der Waals surface area contributed by atoms with Gasteiger partial charge in [0.25, 0.3) is 0 Å². The van der Waals surface area contributed by atoms with Crippen molar-refractivity contribution in [2.75, 3.05) is 0 Å². The first-order valence-electron chi connectivity index (χ1n) is 11.3. The van der Waals surface area contributed by atoms with E-state index in [-0.39, 0.29) is 29.8 Å². The maximum atomic E-state index is 12.3. The number of aryl methyl sites for hydroxylation is 1. The molecule has 4 rings (SSSR count). The zero-order valence-corrected chi connectivity index (χ0v) is 19.1. The number of aromatic hydroxyl groups is 2. The SMILES string of the molecule is Cc1nn(C2CCC(C)C(C)C2)c(O)c1N=NC1(C(=O)O)C=CC=C(c2ccccc2O)C1. The third-order valence-electron chi connectivity index (χ3n) is 7.02. The highest BCUT2D eigenvalue weighted by Gasteiger charge is 2.40. The predicted octanol–water partition coefficient (Wildman–Crippen LogP) is 5.55. The first kappa shape index (κ1) is 22.8. The van der Waals surface area contributed by atoms with Crippen molar-refractivity contribution in [1.29, 1.82) is 0 Å². The number of allylic oxidation sites excluding steroid dienone is 2. The van der Waals surface area contributed by atoms with Gasteiger partial charge < -0.3 is 15.3 Å². The highest BCUT2D eigenvalue weighted by Crippen LogP contribution is 2.42. The molecule has 0 radical (unpaired) electrons. The normalized spacial score (nSPS) is 27.6. The topological polar surface area (TPSA) is 120 Å². The molecule has 2 aliphatic rings. The minimum atomic E-state index is -1.65. The van der Waals surface area contributed by atoms with E-state index in [9.17, 15) is 20.1 Å². The van der Waals surface area contributed by atoms with Crippen LogP contribution < -0.4 is 0 Å². The molecule has 2 aliphatic carbocycles. The van der Waals surface area contributed by atoms with Crippen LogP contribution in [-0.4, -0.2) is 36.6 Å². The van der Waals surface area contributed by atoms with Crippen molar-refractivity contribution in [2.45, 2.75) is 58.0 Å². The Labute approximate surface area is 193 Å². The average molecular weight is 451 g/mol. The summed E-state index contributed by atoms with van der Waals surface area (Å²) in [6.45, 7) is 6.19. The highest BCUT2D eigenvalue weighted by atomic mass is 16.4. The van der Waals surface area contributed by atoms with Gasteiger partial charge in [-0.1, -0.05) is 44.2 Å². The third kappa shape index (κ3) is 4.29. The molecule has 174 valence electrons. The highest BCUT2D eigenvalue weighted by molar-refractivity contribution is 5.88. The van der Waals surface area contributed by atoms with Gasteiger partial charge >= 0.3 is 5.97 Å². The van der Waals surface area contributed by atoms with Crippen molar-refractivity contribution in [3.8, 4) is 11.6 Å². The number of rotatable bonds is 5. The molecule has 0 amide bonds. The largest absolute Gasteiger partial charge is 0.507 e. The molecule has 1 fully saturated rings. The van der Waals surface area contributed by atoms with Gasteiger partial charge in [-0.25, -0.2) is 9.48 Å². The van der Waals surface area contributed by atoms with Crippen LogP contribution in [0.4, 0.5) is 5.69 Å². The summed E-state index contributed by atoms with van der Waals surface area (Å²) in [5.41, 5.74) is 0.227. The van der Waals surface area contributed by atoms with Gasteiger partial charge in [0.05, 0.1) is 11.7 Å². The Balaban J connectivity index is 1.63. The van der Waals surface area contributed by atoms with Crippen LogP contribution in [0.2, 0.25) is 0 Å². The lowest BCUT2D eigenvalue weighted by atomic mass is 9.79. The van der Waals surface area contributed by atoms with E-state index in [1.165, 1.54) is 6.08 Å². The van der Waals surface area contributed by atoms with E-state index in [0.29, 0.717) is 28.7 Å². The summed E-state index contributed by atoms with van der Waals surface area (Å²) in [7, 11) is 0. The molecule has 1 heterocycles. The van der Waals surface area contributed by atoms with Crippen molar-refractivity contribution in [1.82, 2.24) is 9.78 Å². The second-order valence-corrected chi connectivity index (χ2v) is 9.30. The van der Waals surface area contributed by atoms with Crippen LogP contribution in [0.25, 0.3) is 5.57 Å². The van der Waals surface area contributed by atoms with E-state index in [2.05, 4.69) is 29.2 Å². The predicted molar refractivity (Wildman–Crippen MR) is 125 cm³/mol. The molecule has 8 heteroatoms. The molecule has 0 spiro atoms. The quantitative estimate of drug-likeness (QED) is 0.516. The summed E-state index contributed by atoms with van der Waals surface area (Å²) < 4.78 is 1.61. The number of benzene rings is 1. The molecule has 0 saturated heterocycles. The number of phenols is 1. The number of phenolic OH excluding ortho intramolecular Hbond substituents is 1. The first-order valence-corrected chi connectivity index (χ1v) is 11.3. The van der Waals surface area contributed by atoms with Crippen LogP contribution in [0.3, 0.4) is 0 Å². The minimum absolute atomic E-state index is 0.0197. The molecule has 4 unspecified atom stereocenters. The Morgan fingerprint density at radius 2 is 1.94 bits per heavy atom. The fourth-order valence-corrected chi connectivity index (χ4v) is 4.70. The van der Waals surface area contributed by atoms with Crippen LogP contribution in [0.5, 0.6) is 11.6 Å². The average Bonchev–Trinajstić information content (AvgIpc) is 3.08. The number of nitrogens with zero attached hydrogens (tertiary/aromatic N) is 4. The van der Waals surface area contributed by atoms with Crippen LogP contribution >= 0.6 is 0 Å². The summed E-state index contributed by atoms with van der Waals surface area (Å²) in [5.74, 6) is -0.0111.